The third-order valence-corrected chi connectivity index (χ3v) is 4.03. The zero-order valence-corrected chi connectivity index (χ0v) is 12.7. The van der Waals surface area contributed by atoms with Crippen LogP contribution in [0.2, 0.25) is 0 Å². The Hall–Kier alpha value is -2.08. The lowest BCUT2D eigenvalue weighted by Gasteiger charge is -2.13. The predicted molar refractivity (Wildman–Crippen MR) is 83.2 cm³/mol. The number of oxime groups is 1. The first-order valence-electron chi connectivity index (χ1n) is 6.43. The normalized spacial score (nSPS) is 12.6. The molecule has 0 bridgehead atoms. The first kappa shape index (κ1) is 15.3. The molecule has 0 aliphatic rings. The Kier molecular flexibility index (Phi) is 4.47. The van der Waals surface area contributed by atoms with Crippen molar-refractivity contribution in [2.75, 3.05) is 18.6 Å². The summed E-state index contributed by atoms with van der Waals surface area (Å²) in [5, 5.41) is 14.0. The highest BCUT2D eigenvalue weighted by molar-refractivity contribution is 7.90. The molecule has 6 heteroatoms. The van der Waals surface area contributed by atoms with Crippen molar-refractivity contribution >= 4 is 26.3 Å². The molecule has 2 aromatic carbocycles. The highest BCUT2D eigenvalue weighted by atomic mass is 32.2. The van der Waals surface area contributed by atoms with E-state index in [-0.39, 0.29) is 12.4 Å². The minimum atomic E-state index is -3.09. The molecular weight excluding hydrogens is 290 g/mol. The number of hydrogen-bond acceptors (Lipinski definition) is 5. The van der Waals surface area contributed by atoms with Crippen LogP contribution >= 0.6 is 0 Å². The van der Waals surface area contributed by atoms with Gasteiger partial charge in [-0.15, -0.1) is 0 Å². The lowest BCUT2D eigenvalue weighted by molar-refractivity contribution is 0.317. The minimum Gasteiger partial charge on any atom is -0.491 e. The maximum absolute atomic E-state index is 11.2. The van der Waals surface area contributed by atoms with Crippen LogP contribution in [0, 0.1) is 0 Å². The van der Waals surface area contributed by atoms with Gasteiger partial charge in [0, 0.05) is 17.2 Å². The predicted octanol–water partition coefficient (Wildman–Crippen LogP) is 2.46. The molecule has 0 saturated heterocycles. The van der Waals surface area contributed by atoms with E-state index in [0.717, 1.165) is 10.8 Å². The van der Waals surface area contributed by atoms with Crippen molar-refractivity contribution in [1.29, 1.82) is 0 Å². The molecule has 0 atom stereocenters. The van der Waals surface area contributed by atoms with Gasteiger partial charge in [0.15, 0.2) is 9.84 Å². The summed E-state index contributed by atoms with van der Waals surface area (Å²) in [6.07, 6.45) is 1.17. The molecule has 112 valence electrons. The molecule has 0 aromatic heterocycles. The second-order valence-corrected chi connectivity index (χ2v) is 7.09. The average Bonchev–Trinajstić information content (AvgIpc) is 2.45. The van der Waals surface area contributed by atoms with E-state index in [1.165, 1.54) is 6.26 Å². The van der Waals surface area contributed by atoms with Crippen LogP contribution in [0.5, 0.6) is 5.75 Å². The van der Waals surface area contributed by atoms with Gasteiger partial charge in [-0.2, -0.15) is 0 Å². The molecule has 21 heavy (non-hydrogen) atoms. The van der Waals surface area contributed by atoms with Gasteiger partial charge in [0.25, 0.3) is 0 Å². The number of ether oxygens (including phenoxy) is 1. The van der Waals surface area contributed by atoms with Crippen LogP contribution in [0.1, 0.15) is 12.5 Å². The fraction of sp³-hybridized carbons (Fsp3) is 0.267. The van der Waals surface area contributed by atoms with Gasteiger partial charge >= 0.3 is 0 Å². The van der Waals surface area contributed by atoms with E-state index in [9.17, 15) is 8.42 Å². The van der Waals surface area contributed by atoms with Gasteiger partial charge in [0.2, 0.25) is 0 Å². The number of benzene rings is 2. The van der Waals surface area contributed by atoms with Crippen molar-refractivity contribution in [1.82, 2.24) is 0 Å². The lowest BCUT2D eigenvalue weighted by Crippen LogP contribution is -2.13. The largest absolute Gasteiger partial charge is 0.491 e. The summed E-state index contributed by atoms with van der Waals surface area (Å²) in [5.74, 6) is 0.470. The van der Waals surface area contributed by atoms with Crippen molar-refractivity contribution in [2.24, 2.45) is 5.16 Å². The zero-order chi connectivity index (χ0) is 15.5. The number of sulfone groups is 1. The van der Waals surface area contributed by atoms with Crippen molar-refractivity contribution in [2.45, 2.75) is 6.92 Å². The van der Waals surface area contributed by atoms with Crippen molar-refractivity contribution in [3.05, 3.63) is 42.0 Å². The molecule has 5 nitrogen and oxygen atoms in total. The summed E-state index contributed by atoms with van der Waals surface area (Å²) in [6.45, 7) is 1.71. The van der Waals surface area contributed by atoms with Crippen LogP contribution in [0.15, 0.2) is 41.6 Å². The first-order valence-corrected chi connectivity index (χ1v) is 8.50. The number of rotatable bonds is 5. The molecule has 2 rings (SSSR count). The molecular formula is C15H17NO4S. The Morgan fingerprint density at radius 1 is 1.24 bits per heavy atom. The third-order valence-electron chi connectivity index (χ3n) is 3.12. The Bertz CT molecular complexity index is 781. The van der Waals surface area contributed by atoms with E-state index in [2.05, 4.69) is 5.16 Å². The molecule has 0 unspecified atom stereocenters. The van der Waals surface area contributed by atoms with Gasteiger partial charge < -0.3 is 9.94 Å². The quantitative estimate of drug-likeness (QED) is 0.523. The lowest BCUT2D eigenvalue weighted by atomic mass is 10.0. The Balaban J connectivity index is 2.46. The molecule has 0 amide bonds. The topological polar surface area (TPSA) is 76.0 Å². The second kappa shape index (κ2) is 6.13. The number of fused-ring (bicyclic) bond motifs is 1. The monoisotopic (exact) mass is 307 g/mol. The smallest absolute Gasteiger partial charge is 0.150 e. The maximum atomic E-state index is 11.2. The van der Waals surface area contributed by atoms with Gasteiger partial charge in [-0.25, -0.2) is 8.42 Å². The fourth-order valence-electron chi connectivity index (χ4n) is 2.03. The summed E-state index contributed by atoms with van der Waals surface area (Å²) in [6, 6.07) is 11.3. The van der Waals surface area contributed by atoms with E-state index < -0.39 is 9.84 Å². The summed E-state index contributed by atoms with van der Waals surface area (Å²) >= 11 is 0. The van der Waals surface area contributed by atoms with E-state index in [1.807, 2.05) is 30.3 Å². The highest BCUT2D eigenvalue weighted by Crippen LogP contribution is 2.30. The first-order chi connectivity index (χ1) is 9.92. The molecule has 0 aliphatic carbocycles. The maximum Gasteiger partial charge on any atom is 0.150 e. The van der Waals surface area contributed by atoms with Crippen molar-refractivity contribution in [3.63, 3.8) is 0 Å². The molecule has 0 heterocycles. The molecule has 0 aliphatic heterocycles. The van der Waals surface area contributed by atoms with Gasteiger partial charge in [-0.3, -0.25) is 0 Å². The van der Waals surface area contributed by atoms with Gasteiger partial charge in [0.1, 0.15) is 12.4 Å². The second-order valence-electron chi connectivity index (χ2n) is 4.83. The van der Waals surface area contributed by atoms with Crippen molar-refractivity contribution in [3.8, 4) is 5.75 Å². The van der Waals surface area contributed by atoms with Crippen molar-refractivity contribution < 1.29 is 18.4 Å². The van der Waals surface area contributed by atoms with Crippen LogP contribution < -0.4 is 4.74 Å². The SMILES string of the molecule is C/C(=N\O)c1ccc2ccccc2c1OCCS(C)(=O)=O. The van der Waals surface area contributed by atoms with Crippen LogP contribution in [-0.2, 0) is 9.84 Å². The Labute approximate surface area is 123 Å². The summed E-state index contributed by atoms with van der Waals surface area (Å²) in [5.41, 5.74) is 1.06. The highest BCUT2D eigenvalue weighted by Gasteiger charge is 2.13. The standard InChI is InChI=1S/C15H17NO4S/c1-11(16-17)13-8-7-12-5-3-4-6-14(12)15(13)20-9-10-21(2,18)19/h3-8,17H,9-10H2,1-2H3/b16-11+. The molecule has 0 saturated carbocycles. The number of nitrogens with zero attached hydrogens (tertiary/aromatic N) is 1. The summed E-state index contributed by atoms with van der Waals surface area (Å²) < 4.78 is 28.1. The Morgan fingerprint density at radius 3 is 2.62 bits per heavy atom. The van der Waals surface area contributed by atoms with Gasteiger partial charge in [-0.1, -0.05) is 35.5 Å². The third kappa shape index (κ3) is 3.72. The summed E-state index contributed by atoms with van der Waals surface area (Å²) in [4.78, 5) is 0. The molecule has 0 fully saturated rings. The molecule has 0 radical (unpaired) electrons. The molecule has 1 N–H and O–H groups in total. The summed E-state index contributed by atoms with van der Waals surface area (Å²) in [7, 11) is -3.09. The number of hydrogen-bond donors (Lipinski definition) is 1. The van der Waals surface area contributed by atoms with Crippen LogP contribution in [0.25, 0.3) is 10.8 Å². The molecule has 0 spiro atoms. The van der Waals surface area contributed by atoms with Gasteiger partial charge in [0.05, 0.1) is 11.5 Å². The van der Waals surface area contributed by atoms with E-state index in [0.29, 0.717) is 17.0 Å². The minimum absolute atomic E-state index is 0.0541. The fourth-order valence-corrected chi connectivity index (χ4v) is 2.42. The zero-order valence-electron chi connectivity index (χ0n) is 11.9. The Morgan fingerprint density at radius 2 is 1.95 bits per heavy atom. The van der Waals surface area contributed by atoms with Gasteiger partial charge in [-0.05, 0) is 18.4 Å². The van der Waals surface area contributed by atoms with Crippen LogP contribution in [-0.4, -0.2) is 38.0 Å². The van der Waals surface area contributed by atoms with Crippen LogP contribution in [0.4, 0.5) is 0 Å². The average molecular weight is 307 g/mol. The molecule has 2 aromatic rings. The van der Waals surface area contributed by atoms with E-state index in [1.54, 1.807) is 13.0 Å². The van der Waals surface area contributed by atoms with E-state index >= 15 is 0 Å². The van der Waals surface area contributed by atoms with Crippen LogP contribution in [0.3, 0.4) is 0 Å². The van der Waals surface area contributed by atoms with E-state index in [4.69, 9.17) is 9.94 Å².